The van der Waals surface area contributed by atoms with Crippen LogP contribution in [0.1, 0.15) is 41.1 Å². The summed E-state index contributed by atoms with van der Waals surface area (Å²) in [4.78, 5) is 20.5. The molecular weight excluding hydrogens is 410 g/mol. The van der Waals surface area contributed by atoms with Crippen molar-refractivity contribution in [2.24, 2.45) is 0 Å². The van der Waals surface area contributed by atoms with Gasteiger partial charge in [0.2, 0.25) is 0 Å². The van der Waals surface area contributed by atoms with Crippen molar-refractivity contribution in [3.05, 3.63) is 58.4 Å². The van der Waals surface area contributed by atoms with Crippen molar-refractivity contribution in [3.63, 3.8) is 0 Å². The van der Waals surface area contributed by atoms with Crippen LogP contribution in [0.2, 0.25) is 5.02 Å². The molecule has 7 nitrogen and oxygen atoms in total. The Balaban J connectivity index is 1.50. The minimum atomic E-state index is -1.24. The van der Waals surface area contributed by atoms with E-state index in [0.29, 0.717) is 16.4 Å². The van der Waals surface area contributed by atoms with Crippen LogP contribution in [0.15, 0.2) is 36.4 Å². The topological polar surface area (TPSA) is 90.1 Å². The van der Waals surface area contributed by atoms with Gasteiger partial charge in [-0.15, -0.1) is 0 Å². The van der Waals surface area contributed by atoms with E-state index in [1.807, 2.05) is 42.4 Å². The second-order valence-electron chi connectivity index (χ2n) is 7.08. The molecule has 0 saturated carbocycles. The number of fused-ring (bicyclic) bond motifs is 1. The highest BCUT2D eigenvalue weighted by atomic mass is 35.5. The largest absolute Gasteiger partial charge is 0.342 e. The third-order valence-corrected chi connectivity index (χ3v) is 6.38. The van der Waals surface area contributed by atoms with Gasteiger partial charge in [0.05, 0.1) is 22.8 Å². The number of aromatic amines is 1. The van der Waals surface area contributed by atoms with E-state index < -0.39 is 11.2 Å². The monoisotopic (exact) mass is 431 g/mol. The van der Waals surface area contributed by atoms with Crippen molar-refractivity contribution in [3.8, 4) is 0 Å². The van der Waals surface area contributed by atoms with Gasteiger partial charge in [-0.2, -0.15) is 0 Å². The van der Waals surface area contributed by atoms with Gasteiger partial charge in [-0.3, -0.25) is 9.10 Å². The number of rotatable bonds is 4. The second-order valence-corrected chi connectivity index (χ2v) is 8.74. The molecule has 9 heteroatoms. The van der Waals surface area contributed by atoms with Crippen LogP contribution >= 0.6 is 11.6 Å². The molecule has 0 spiro atoms. The smallest absolute Gasteiger partial charge is 0.251 e. The second kappa shape index (κ2) is 8.14. The van der Waals surface area contributed by atoms with Gasteiger partial charge in [0, 0.05) is 23.7 Å². The van der Waals surface area contributed by atoms with Crippen LogP contribution in [0.3, 0.4) is 0 Å². The van der Waals surface area contributed by atoms with Gasteiger partial charge in [0.25, 0.3) is 5.91 Å². The SMILES string of the molecule is Cc1cc(C(=O)N[C@@H](C)c2nc3ccc(Cl)cc3[nH]2)ccc1N1CCCNS1=O. The summed E-state index contributed by atoms with van der Waals surface area (Å²) in [6, 6.07) is 10.6. The van der Waals surface area contributed by atoms with Crippen molar-refractivity contribution in [2.45, 2.75) is 26.3 Å². The number of nitrogens with zero attached hydrogens (tertiary/aromatic N) is 2. The van der Waals surface area contributed by atoms with Crippen LogP contribution in [-0.2, 0) is 11.2 Å². The Labute approximate surface area is 176 Å². The molecule has 1 unspecified atom stereocenters. The van der Waals surface area contributed by atoms with E-state index in [1.54, 1.807) is 12.1 Å². The Kier molecular flexibility index (Phi) is 5.58. The zero-order chi connectivity index (χ0) is 20.5. The molecule has 1 aliphatic rings. The number of nitrogens with one attached hydrogen (secondary N) is 3. The van der Waals surface area contributed by atoms with Gasteiger partial charge in [0.1, 0.15) is 5.82 Å². The molecule has 152 valence electrons. The number of imidazole rings is 1. The minimum absolute atomic E-state index is 0.191. The summed E-state index contributed by atoms with van der Waals surface area (Å²) in [5, 5.41) is 3.60. The summed E-state index contributed by atoms with van der Waals surface area (Å²) in [6.45, 7) is 5.26. The molecule has 2 aromatic carbocycles. The summed E-state index contributed by atoms with van der Waals surface area (Å²) in [5.41, 5.74) is 3.95. The first-order valence-corrected chi connectivity index (χ1v) is 10.9. The molecule has 1 aromatic heterocycles. The third-order valence-electron chi connectivity index (χ3n) is 4.91. The predicted molar refractivity (Wildman–Crippen MR) is 116 cm³/mol. The van der Waals surface area contributed by atoms with E-state index in [9.17, 15) is 9.00 Å². The third kappa shape index (κ3) is 4.14. The van der Waals surface area contributed by atoms with E-state index >= 15 is 0 Å². The fourth-order valence-corrected chi connectivity index (χ4v) is 4.71. The zero-order valence-electron chi connectivity index (χ0n) is 16.2. The first kappa shape index (κ1) is 19.9. The Hall–Kier alpha value is -2.42. The van der Waals surface area contributed by atoms with Crippen molar-refractivity contribution in [1.29, 1.82) is 0 Å². The fraction of sp³-hybridized carbons (Fsp3) is 0.300. The zero-order valence-corrected chi connectivity index (χ0v) is 17.7. The number of carbonyl (C=O) groups excluding carboxylic acids is 1. The van der Waals surface area contributed by atoms with Crippen LogP contribution in [0.4, 0.5) is 5.69 Å². The number of halogens is 1. The van der Waals surface area contributed by atoms with Crippen LogP contribution in [0.5, 0.6) is 0 Å². The molecular formula is C20H22ClN5O2S. The Morgan fingerprint density at radius 1 is 1.31 bits per heavy atom. The van der Waals surface area contributed by atoms with E-state index in [0.717, 1.165) is 41.8 Å². The van der Waals surface area contributed by atoms with Crippen LogP contribution in [-0.4, -0.2) is 33.2 Å². The van der Waals surface area contributed by atoms with Gasteiger partial charge >= 0.3 is 0 Å². The average molecular weight is 432 g/mol. The number of hydrogen-bond acceptors (Lipinski definition) is 3. The lowest BCUT2D eigenvalue weighted by atomic mass is 10.1. The lowest BCUT2D eigenvalue weighted by molar-refractivity contribution is 0.0938. The highest BCUT2D eigenvalue weighted by Crippen LogP contribution is 2.25. The number of aryl methyl sites for hydroxylation is 1. The number of anilines is 1. The predicted octanol–water partition coefficient (Wildman–Crippen LogP) is 3.39. The maximum absolute atomic E-state index is 12.7. The molecule has 1 fully saturated rings. The van der Waals surface area contributed by atoms with Gasteiger partial charge in [-0.1, -0.05) is 11.6 Å². The normalized spacial score (nSPS) is 18.0. The first-order chi connectivity index (χ1) is 13.9. The molecule has 1 saturated heterocycles. The van der Waals surface area contributed by atoms with Gasteiger partial charge < -0.3 is 10.3 Å². The van der Waals surface area contributed by atoms with Crippen LogP contribution < -0.4 is 14.3 Å². The average Bonchev–Trinajstić information content (AvgIpc) is 3.12. The van der Waals surface area contributed by atoms with E-state index in [2.05, 4.69) is 20.0 Å². The van der Waals surface area contributed by atoms with E-state index in [-0.39, 0.29) is 11.9 Å². The molecule has 3 aromatic rings. The highest BCUT2D eigenvalue weighted by molar-refractivity contribution is 7.84. The van der Waals surface area contributed by atoms with Crippen molar-refractivity contribution < 1.29 is 9.00 Å². The summed E-state index contributed by atoms with van der Waals surface area (Å²) in [7, 11) is 0. The lowest BCUT2D eigenvalue weighted by Crippen LogP contribution is -2.42. The lowest BCUT2D eigenvalue weighted by Gasteiger charge is -2.29. The van der Waals surface area contributed by atoms with Crippen molar-refractivity contribution in [1.82, 2.24) is 20.0 Å². The number of benzene rings is 2. The molecule has 0 bridgehead atoms. The molecule has 3 N–H and O–H groups in total. The van der Waals surface area contributed by atoms with Gasteiger partial charge in [0.15, 0.2) is 11.2 Å². The van der Waals surface area contributed by atoms with Crippen LogP contribution in [0, 0.1) is 6.92 Å². The molecule has 0 radical (unpaired) electrons. The number of carbonyl (C=O) groups is 1. The maximum Gasteiger partial charge on any atom is 0.251 e. The van der Waals surface area contributed by atoms with Crippen molar-refractivity contribution >= 4 is 45.4 Å². The van der Waals surface area contributed by atoms with E-state index in [1.165, 1.54) is 0 Å². The Morgan fingerprint density at radius 2 is 2.14 bits per heavy atom. The van der Waals surface area contributed by atoms with Gasteiger partial charge in [-0.25, -0.2) is 13.9 Å². The standard InChI is InChI=1S/C20H22ClN5O2S/c1-12-10-14(4-7-18(12)26-9-3-8-22-29(26)28)20(27)23-13(2)19-24-16-6-5-15(21)11-17(16)25-19/h4-7,10-11,13,22H,3,8-9H2,1-2H3,(H,23,27)(H,24,25)/t13-,29?/m0/s1. The van der Waals surface area contributed by atoms with Crippen molar-refractivity contribution in [2.75, 3.05) is 17.4 Å². The summed E-state index contributed by atoms with van der Waals surface area (Å²) in [6.07, 6.45) is 0.924. The van der Waals surface area contributed by atoms with Crippen LogP contribution in [0.25, 0.3) is 11.0 Å². The summed E-state index contributed by atoms with van der Waals surface area (Å²) in [5.74, 6) is 0.474. The number of H-pyrrole nitrogens is 1. The molecule has 2 heterocycles. The molecule has 0 aliphatic carbocycles. The summed E-state index contributed by atoms with van der Waals surface area (Å²) >= 11 is 4.78. The summed E-state index contributed by atoms with van der Waals surface area (Å²) < 4.78 is 17.0. The first-order valence-electron chi connectivity index (χ1n) is 9.42. The molecule has 1 amide bonds. The number of aromatic nitrogens is 2. The molecule has 2 atom stereocenters. The number of hydrogen-bond donors (Lipinski definition) is 3. The highest BCUT2D eigenvalue weighted by Gasteiger charge is 2.21. The molecule has 29 heavy (non-hydrogen) atoms. The molecule has 4 rings (SSSR count). The molecule has 1 aliphatic heterocycles. The Bertz CT molecular complexity index is 1100. The minimum Gasteiger partial charge on any atom is -0.342 e. The van der Waals surface area contributed by atoms with E-state index in [4.69, 9.17) is 11.6 Å². The maximum atomic E-state index is 12.7. The van der Waals surface area contributed by atoms with Gasteiger partial charge in [-0.05, 0) is 62.2 Å². The number of amides is 1. The fourth-order valence-electron chi connectivity index (χ4n) is 3.38. The quantitative estimate of drug-likeness (QED) is 0.591. The Morgan fingerprint density at radius 3 is 2.90 bits per heavy atom.